The third-order valence-corrected chi connectivity index (χ3v) is 10.6. The predicted molar refractivity (Wildman–Crippen MR) is 146 cm³/mol. The number of nitrogens with two attached hydrogens (primary N) is 1. The van der Waals surface area contributed by atoms with Gasteiger partial charge in [0.15, 0.2) is 0 Å². The van der Waals surface area contributed by atoms with Crippen LogP contribution in [0.2, 0.25) is 0 Å². The van der Waals surface area contributed by atoms with Crippen molar-refractivity contribution in [2.45, 2.75) is 61.4 Å². The van der Waals surface area contributed by atoms with Crippen molar-refractivity contribution in [3.05, 3.63) is 44.9 Å². The first-order valence-corrected chi connectivity index (χ1v) is 15.2. The number of amides is 2. The predicted octanol–water partition coefficient (Wildman–Crippen LogP) is 0.486. The summed E-state index contributed by atoms with van der Waals surface area (Å²) in [5.41, 5.74) is 3.97. The van der Waals surface area contributed by atoms with Crippen LogP contribution in [0.5, 0.6) is 0 Å². The van der Waals surface area contributed by atoms with Gasteiger partial charge < -0.3 is 15.4 Å². The summed E-state index contributed by atoms with van der Waals surface area (Å²) in [5.74, 6) is -0.206. The van der Waals surface area contributed by atoms with Gasteiger partial charge in [-0.25, -0.2) is 22.7 Å². The number of fused-ring (bicyclic) bond motifs is 1. The number of hydrogen-bond acceptors (Lipinski definition) is 9. The van der Waals surface area contributed by atoms with Crippen LogP contribution in [0.15, 0.2) is 32.3 Å². The molecule has 16 heteroatoms. The molecule has 1 aliphatic heterocycles. The number of aryl methyl sites for hydroxylation is 1. The second-order valence-electron chi connectivity index (χ2n) is 10.5. The van der Waals surface area contributed by atoms with Gasteiger partial charge in [-0.15, -0.1) is 11.3 Å². The maximum absolute atomic E-state index is 13.8. The Morgan fingerprint density at radius 3 is 2.55 bits per heavy atom. The fourth-order valence-corrected chi connectivity index (χ4v) is 7.88. The highest BCUT2D eigenvalue weighted by atomic mass is 32.2. The Balaban J connectivity index is 1.50. The molecule has 1 saturated carbocycles. The average molecular weight is 594 g/mol. The molecule has 3 aromatic heterocycles. The Morgan fingerprint density at radius 2 is 1.95 bits per heavy atom. The Morgan fingerprint density at radius 1 is 1.25 bits per heavy atom. The molecular formula is C24H31N7O7S2. The lowest BCUT2D eigenvalue weighted by atomic mass is 10.0. The monoisotopic (exact) mass is 593 g/mol. The van der Waals surface area contributed by atoms with Gasteiger partial charge in [0.1, 0.15) is 15.6 Å². The van der Waals surface area contributed by atoms with Crippen molar-refractivity contribution < 1.29 is 22.7 Å². The molecule has 5 rings (SSSR count). The van der Waals surface area contributed by atoms with Crippen molar-refractivity contribution in [1.29, 1.82) is 0 Å². The number of nitrogens with zero attached hydrogens (tertiary/aromatic N) is 5. The van der Waals surface area contributed by atoms with Crippen molar-refractivity contribution in [2.24, 2.45) is 12.8 Å². The Hall–Kier alpha value is -3.50. The minimum atomic E-state index is -3.90. The maximum atomic E-state index is 13.8. The Labute approximate surface area is 233 Å². The lowest BCUT2D eigenvalue weighted by Gasteiger charge is -2.33. The summed E-state index contributed by atoms with van der Waals surface area (Å²) in [7, 11) is -2.18. The molecule has 0 aromatic carbocycles. The average Bonchev–Trinajstić information content (AvgIpc) is 3.25. The van der Waals surface area contributed by atoms with Crippen LogP contribution in [0.25, 0.3) is 10.2 Å². The molecule has 3 N–H and O–H groups in total. The van der Waals surface area contributed by atoms with E-state index in [0.717, 1.165) is 28.7 Å². The van der Waals surface area contributed by atoms with Crippen molar-refractivity contribution in [3.8, 4) is 0 Å². The standard InChI is InChI=1S/C24H31N7O7S2/c1-24(6-7-24)27-40(36,37)19-11-17-20(33)30(14-15-12-26-28(2)13-15)23(35)31(21(17)39-19)16-3-8-29(9-4-16)18(32)5-10-38-22(25)34/h11-13,16,27H,3-10,14H2,1-2H3,(H2,25,34). The highest BCUT2D eigenvalue weighted by Gasteiger charge is 2.42. The first-order valence-electron chi connectivity index (χ1n) is 12.9. The third kappa shape index (κ3) is 5.69. The van der Waals surface area contributed by atoms with Crippen LogP contribution in [-0.2, 0) is 33.1 Å². The fourth-order valence-electron chi connectivity index (χ4n) is 4.91. The smallest absolute Gasteiger partial charge is 0.404 e. The zero-order chi connectivity index (χ0) is 28.8. The van der Waals surface area contributed by atoms with Gasteiger partial charge in [0, 0.05) is 43.5 Å². The van der Waals surface area contributed by atoms with Gasteiger partial charge in [0.2, 0.25) is 5.91 Å². The SMILES string of the molecule is Cn1cc(Cn2c(=O)c3cc(S(=O)(=O)NC4(C)CC4)sc3n(C3CCN(C(=O)CCOC(N)=O)CC3)c2=O)cn1. The van der Waals surface area contributed by atoms with Crippen LogP contribution in [0.4, 0.5) is 4.79 Å². The lowest BCUT2D eigenvalue weighted by Crippen LogP contribution is -2.45. The summed E-state index contributed by atoms with van der Waals surface area (Å²) in [6, 6.07) is 0.980. The summed E-state index contributed by atoms with van der Waals surface area (Å²) in [5, 5.41) is 4.26. The molecule has 14 nitrogen and oxygen atoms in total. The van der Waals surface area contributed by atoms with Crippen LogP contribution >= 0.6 is 11.3 Å². The van der Waals surface area contributed by atoms with Crippen LogP contribution in [0.1, 0.15) is 50.6 Å². The molecule has 40 heavy (non-hydrogen) atoms. The number of thiophene rings is 1. The van der Waals surface area contributed by atoms with Crippen molar-refractivity contribution >= 4 is 43.6 Å². The molecule has 1 aliphatic carbocycles. The minimum absolute atomic E-state index is 0.00808. The number of aromatic nitrogens is 4. The third-order valence-electron chi connectivity index (χ3n) is 7.31. The molecule has 216 valence electrons. The van der Waals surface area contributed by atoms with Gasteiger partial charge in [-0.3, -0.25) is 23.4 Å². The number of ether oxygens (including phenoxy) is 1. The molecule has 2 amide bonds. The van der Waals surface area contributed by atoms with Crippen molar-refractivity contribution in [1.82, 2.24) is 28.5 Å². The van der Waals surface area contributed by atoms with Gasteiger partial charge in [-0.1, -0.05) is 0 Å². The summed E-state index contributed by atoms with van der Waals surface area (Å²) < 4.78 is 37.9. The second-order valence-corrected chi connectivity index (χ2v) is 13.5. The van der Waals surface area contributed by atoms with E-state index in [4.69, 9.17) is 5.73 Å². The van der Waals surface area contributed by atoms with Crippen LogP contribution in [0.3, 0.4) is 0 Å². The first kappa shape index (κ1) is 28.0. The molecular weight excluding hydrogens is 562 g/mol. The van der Waals surface area contributed by atoms with E-state index in [1.54, 1.807) is 29.0 Å². The van der Waals surface area contributed by atoms with E-state index in [1.807, 2.05) is 6.92 Å². The van der Waals surface area contributed by atoms with E-state index in [1.165, 1.54) is 10.6 Å². The van der Waals surface area contributed by atoms with Gasteiger partial charge in [-0.05, 0) is 38.7 Å². The summed E-state index contributed by atoms with van der Waals surface area (Å²) in [4.78, 5) is 52.6. The molecule has 4 heterocycles. The Bertz CT molecular complexity index is 1690. The van der Waals surface area contributed by atoms with Gasteiger partial charge in [-0.2, -0.15) is 5.10 Å². The summed E-state index contributed by atoms with van der Waals surface area (Å²) >= 11 is 0.903. The van der Waals surface area contributed by atoms with E-state index in [-0.39, 0.29) is 41.1 Å². The second kappa shape index (κ2) is 10.5. The molecule has 0 bridgehead atoms. The largest absolute Gasteiger partial charge is 0.449 e. The summed E-state index contributed by atoms with van der Waals surface area (Å²) in [6.07, 6.45) is 4.60. The van der Waals surface area contributed by atoms with E-state index in [2.05, 4.69) is 14.6 Å². The molecule has 1 saturated heterocycles. The molecule has 0 unspecified atom stereocenters. The van der Waals surface area contributed by atoms with Crippen LogP contribution < -0.4 is 21.7 Å². The maximum Gasteiger partial charge on any atom is 0.404 e. The highest BCUT2D eigenvalue weighted by Crippen LogP contribution is 2.38. The number of piperidine rings is 1. The number of carbonyl (C=O) groups is 2. The van der Waals surface area contributed by atoms with Gasteiger partial charge >= 0.3 is 11.8 Å². The topological polar surface area (TPSA) is 181 Å². The highest BCUT2D eigenvalue weighted by molar-refractivity contribution is 7.91. The zero-order valence-corrected chi connectivity index (χ0v) is 23.8. The number of nitrogens with one attached hydrogen (secondary N) is 1. The number of rotatable bonds is 9. The summed E-state index contributed by atoms with van der Waals surface area (Å²) in [6.45, 7) is 2.36. The fraction of sp³-hybridized carbons (Fsp3) is 0.542. The number of sulfonamides is 1. The van der Waals surface area contributed by atoms with Gasteiger partial charge in [0.25, 0.3) is 15.6 Å². The molecule has 2 fully saturated rings. The molecule has 0 spiro atoms. The minimum Gasteiger partial charge on any atom is -0.449 e. The molecule has 3 aromatic rings. The molecule has 2 aliphatic rings. The van der Waals surface area contributed by atoms with Crippen molar-refractivity contribution in [2.75, 3.05) is 19.7 Å². The number of likely N-dealkylation sites (tertiary alicyclic amines) is 1. The van der Waals surface area contributed by atoms with Crippen molar-refractivity contribution in [3.63, 3.8) is 0 Å². The molecule has 0 atom stereocenters. The van der Waals surface area contributed by atoms with Crippen LogP contribution in [0, 0.1) is 0 Å². The van der Waals surface area contributed by atoms with Crippen LogP contribution in [-0.4, -0.2) is 69.5 Å². The van der Waals surface area contributed by atoms with E-state index < -0.39 is 32.9 Å². The quantitative estimate of drug-likeness (QED) is 0.359. The van der Waals surface area contributed by atoms with E-state index >= 15 is 0 Å². The lowest BCUT2D eigenvalue weighted by molar-refractivity contribution is -0.133. The number of hydrogen-bond donors (Lipinski definition) is 2. The number of carbonyl (C=O) groups excluding carboxylic acids is 2. The molecule has 0 radical (unpaired) electrons. The van der Waals surface area contributed by atoms with Gasteiger partial charge in [0.05, 0.1) is 24.5 Å². The normalized spacial score (nSPS) is 17.3. The zero-order valence-electron chi connectivity index (χ0n) is 22.2. The number of primary amides is 1. The Kier molecular flexibility index (Phi) is 7.35. The first-order chi connectivity index (χ1) is 18.9. The van der Waals surface area contributed by atoms with E-state index in [9.17, 15) is 27.6 Å². The van der Waals surface area contributed by atoms with E-state index in [0.29, 0.717) is 36.3 Å².